The third-order valence-corrected chi connectivity index (χ3v) is 2.92. The molecule has 3 aromatic rings. The molecule has 0 atom stereocenters. The van der Waals surface area contributed by atoms with Crippen molar-refractivity contribution < 1.29 is 9.90 Å². The SMILES string of the molecule is Cc1cc2ccccn2c1-c1cc(C(=O)O)[nH]n1. The third-order valence-electron chi connectivity index (χ3n) is 2.92. The van der Waals surface area contributed by atoms with Crippen LogP contribution in [0.1, 0.15) is 16.1 Å². The van der Waals surface area contributed by atoms with Crippen LogP contribution in [0.4, 0.5) is 0 Å². The summed E-state index contributed by atoms with van der Waals surface area (Å²) in [6, 6.07) is 9.49. The van der Waals surface area contributed by atoms with Crippen LogP contribution in [0.15, 0.2) is 36.5 Å². The Balaban J connectivity index is 2.24. The van der Waals surface area contributed by atoms with E-state index in [1.54, 1.807) is 6.07 Å². The Bertz CT molecular complexity index is 740. The number of carbonyl (C=O) groups is 1. The summed E-state index contributed by atoms with van der Waals surface area (Å²) in [5.74, 6) is -1.01. The quantitative estimate of drug-likeness (QED) is 0.723. The number of hydrogen-bond acceptors (Lipinski definition) is 2. The van der Waals surface area contributed by atoms with Crippen molar-refractivity contribution in [2.45, 2.75) is 6.92 Å². The van der Waals surface area contributed by atoms with Crippen molar-refractivity contribution in [1.82, 2.24) is 14.6 Å². The average Bonchev–Trinajstić information content (AvgIpc) is 2.91. The fraction of sp³-hybridized carbons (Fsp3) is 0.0769. The average molecular weight is 241 g/mol. The van der Waals surface area contributed by atoms with Gasteiger partial charge in [-0.25, -0.2) is 4.79 Å². The summed E-state index contributed by atoms with van der Waals surface area (Å²) in [4.78, 5) is 10.9. The Morgan fingerprint density at radius 2 is 2.22 bits per heavy atom. The molecule has 0 fully saturated rings. The molecule has 5 heteroatoms. The van der Waals surface area contributed by atoms with Gasteiger partial charge in [0.15, 0.2) is 0 Å². The molecule has 0 aliphatic carbocycles. The summed E-state index contributed by atoms with van der Waals surface area (Å²) in [6.45, 7) is 1.98. The highest BCUT2D eigenvalue weighted by Crippen LogP contribution is 2.25. The van der Waals surface area contributed by atoms with Crippen LogP contribution in [0.25, 0.3) is 16.9 Å². The number of aromatic nitrogens is 3. The smallest absolute Gasteiger partial charge is 0.353 e. The molecule has 0 amide bonds. The van der Waals surface area contributed by atoms with E-state index in [1.165, 1.54) is 0 Å². The largest absolute Gasteiger partial charge is 0.477 e. The normalized spacial score (nSPS) is 10.9. The van der Waals surface area contributed by atoms with Crippen LogP contribution in [0, 0.1) is 6.92 Å². The first kappa shape index (κ1) is 10.6. The van der Waals surface area contributed by atoms with Gasteiger partial charge < -0.3 is 9.51 Å². The van der Waals surface area contributed by atoms with Crippen LogP contribution in [0.3, 0.4) is 0 Å². The molecule has 0 radical (unpaired) electrons. The summed E-state index contributed by atoms with van der Waals surface area (Å²) in [7, 11) is 0. The number of carboxylic acid groups (broad SMARTS) is 1. The minimum atomic E-state index is -1.01. The number of nitrogens with zero attached hydrogens (tertiary/aromatic N) is 2. The van der Waals surface area contributed by atoms with E-state index in [2.05, 4.69) is 10.2 Å². The maximum atomic E-state index is 10.9. The van der Waals surface area contributed by atoms with Gasteiger partial charge in [0.05, 0.1) is 5.69 Å². The van der Waals surface area contributed by atoms with Gasteiger partial charge in [-0.2, -0.15) is 5.10 Å². The molecule has 0 aliphatic rings. The van der Waals surface area contributed by atoms with Gasteiger partial charge in [0.2, 0.25) is 0 Å². The van der Waals surface area contributed by atoms with Gasteiger partial charge in [-0.3, -0.25) is 5.10 Å². The monoisotopic (exact) mass is 241 g/mol. The Morgan fingerprint density at radius 3 is 2.94 bits per heavy atom. The van der Waals surface area contributed by atoms with E-state index in [0.29, 0.717) is 5.69 Å². The van der Waals surface area contributed by atoms with Crippen LogP contribution < -0.4 is 0 Å². The van der Waals surface area contributed by atoms with Gasteiger partial charge in [0.1, 0.15) is 11.4 Å². The highest BCUT2D eigenvalue weighted by atomic mass is 16.4. The molecule has 0 saturated heterocycles. The number of nitrogens with one attached hydrogen (secondary N) is 1. The number of aryl methyl sites for hydroxylation is 1. The molecule has 0 aliphatic heterocycles. The third kappa shape index (κ3) is 1.48. The molecule has 18 heavy (non-hydrogen) atoms. The number of H-pyrrole nitrogens is 1. The number of hydrogen-bond donors (Lipinski definition) is 2. The topological polar surface area (TPSA) is 70.4 Å². The van der Waals surface area contributed by atoms with Crippen molar-refractivity contribution >= 4 is 11.5 Å². The molecule has 90 valence electrons. The van der Waals surface area contributed by atoms with Crippen molar-refractivity contribution in [2.24, 2.45) is 0 Å². The Labute approximate surface area is 103 Å². The lowest BCUT2D eigenvalue weighted by atomic mass is 10.2. The molecule has 3 heterocycles. The maximum absolute atomic E-state index is 10.9. The molecule has 0 saturated carbocycles. The standard InChI is InChI=1S/C13H11N3O2/c1-8-6-9-4-2-3-5-16(9)12(8)10-7-11(13(17)18)15-14-10/h2-7H,1H3,(H,14,15)(H,17,18). The molecule has 3 aromatic heterocycles. The first-order chi connectivity index (χ1) is 8.66. The van der Waals surface area contributed by atoms with Crippen molar-refractivity contribution in [1.29, 1.82) is 0 Å². The van der Waals surface area contributed by atoms with Crippen LogP contribution in [0.2, 0.25) is 0 Å². The van der Waals surface area contributed by atoms with Crippen molar-refractivity contribution in [3.05, 3.63) is 47.8 Å². The van der Waals surface area contributed by atoms with Gasteiger partial charge in [0, 0.05) is 17.8 Å². The predicted octanol–water partition coefficient (Wildman–Crippen LogP) is 2.34. The van der Waals surface area contributed by atoms with Crippen LogP contribution in [-0.2, 0) is 0 Å². The molecule has 0 aromatic carbocycles. The number of pyridine rings is 1. The summed E-state index contributed by atoms with van der Waals surface area (Å²) < 4.78 is 2.00. The second kappa shape index (κ2) is 3.73. The van der Waals surface area contributed by atoms with Crippen molar-refractivity contribution in [3.8, 4) is 11.4 Å². The van der Waals surface area contributed by atoms with E-state index in [-0.39, 0.29) is 5.69 Å². The molecule has 3 rings (SSSR count). The van der Waals surface area contributed by atoms with Crippen LogP contribution in [0.5, 0.6) is 0 Å². The minimum Gasteiger partial charge on any atom is -0.477 e. The molecular weight excluding hydrogens is 230 g/mol. The van der Waals surface area contributed by atoms with E-state index < -0.39 is 5.97 Å². The zero-order valence-electron chi connectivity index (χ0n) is 9.71. The summed E-state index contributed by atoms with van der Waals surface area (Å²) in [5.41, 5.74) is 3.76. The lowest BCUT2D eigenvalue weighted by Gasteiger charge is -2.00. The van der Waals surface area contributed by atoms with Crippen LogP contribution in [-0.4, -0.2) is 25.7 Å². The fourth-order valence-corrected chi connectivity index (χ4v) is 2.14. The van der Waals surface area contributed by atoms with E-state index in [0.717, 1.165) is 16.8 Å². The summed E-state index contributed by atoms with van der Waals surface area (Å²) >= 11 is 0. The second-order valence-electron chi connectivity index (χ2n) is 4.14. The zero-order chi connectivity index (χ0) is 12.7. The lowest BCUT2D eigenvalue weighted by Crippen LogP contribution is -1.95. The van der Waals surface area contributed by atoms with Gasteiger partial charge in [-0.1, -0.05) is 6.07 Å². The molecule has 0 bridgehead atoms. The fourth-order valence-electron chi connectivity index (χ4n) is 2.14. The Kier molecular flexibility index (Phi) is 2.19. The first-order valence-corrected chi connectivity index (χ1v) is 5.52. The van der Waals surface area contributed by atoms with E-state index in [4.69, 9.17) is 5.11 Å². The summed E-state index contributed by atoms with van der Waals surface area (Å²) in [6.07, 6.45) is 1.94. The molecule has 0 unspecified atom stereocenters. The summed E-state index contributed by atoms with van der Waals surface area (Å²) in [5, 5.41) is 15.5. The number of aromatic amines is 1. The van der Waals surface area contributed by atoms with Gasteiger partial charge in [-0.05, 0) is 30.7 Å². The first-order valence-electron chi connectivity index (χ1n) is 5.52. The van der Waals surface area contributed by atoms with Gasteiger partial charge in [-0.15, -0.1) is 0 Å². The minimum absolute atomic E-state index is 0.0929. The van der Waals surface area contributed by atoms with E-state index in [9.17, 15) is 4.79 Å². The van der Waals surface area contributed by atoms with E-state index >= 15 is 0 Å². The molecular formula is C13H11N3O2. The molecule has 0 spiro atoms. The maximum Gasteiger partial charge on any atom is 0.353 e. The highest BCUT2D eigenvalue weighted by Gasteiger charge is 2.14. The van der Waals surface area contributed by atoms with Crippen molar-refractivity contribution in [3.63, 3.8) is 0 Å². The lowest BCUT2D eigenvalue weighted by molar-refractivity contribution is 0.0690. The predicted molar refractivity (Wildman–Crippen MR) is 66.7 cm³/mol. The number of aromatic carboxylic acids is 1. The Morgan fingerprint density at radius 1 is 1.39 bits per heavy atom. The molecule has 5 nitrogen and oxygen atoms in total. The Hall–Kier alpha value is -2.56. The van der Waals surface area contributed by atoms with Gasteiger partial charge >= 0.3 is 5.97 Å². The van der Waals surface area contributed by atoms with E-state index in [1.807, 2.05) is 41.8 Å². The number of fused-ring (bicyclic) bond motifs is 1. The van der Waals surface area contributed by atoms with Gasteiger partial charge in [0.25, 0.3) is 0 Å². The zero-order valence-corrected chi connectivity index (χ0v) is 9.71. The van der Waals surface area contributed by atoms with Crippen LogP contribution >= 0.6 is 0 Å². The highest BCUT2D eigenvalue weighted by molar-refractivity contribution is 5.87. The number of rotatable bonds is 2. The second-order valence-corrected chi connectivity index (χ2v) is 4.14. The molecule has 2 N–H and O–H groups in total. The van der Waals surface area contributed by atoms with Crippen molar-refractivity contribution in [2.75, 3.05) is 0 Å². The number of carboxylic acids is 1.